The molecule has 0 aromatic carbocycles. The van der Waals surface area contributed by atoms with Crippen molar-refractivity contribution in [2.24, 2.45) is 0 Å². The Labute approximate surface area is 92.7 Å². The van der Waals surface area contributed by atoms with Crippen LogP contribution in [0.3, 0.4) is 0 Å². The third kappa shape index (κ3) is 11.5. The Kier molecular flexibility index (Phi) is 10.2. The Hall–Kier alpha value is -0.500. The molecule has 0 amide bonds. The van der Waals surface area contributed by atoms with Gasteiger partial charge in [-0.15, -0.1) is 12.6 Å². The Morgan fingerprint density at radius 2 is 1.86 bits per heavy atom. The molecule has 0 aromatic rings. The molecule has 0 aliphatic rings. The molecule has 0 radical (unpaired) electrons. The number of hydrogen-bond acceptors (Lipinski definition) is 1. The van der Waals surface area contributed by atoms with Crippen LogP contribution in [0.4, 0.5) is 0 Å². The van der Waals surface area contributed by atoms with E-state index in [-0.39, 0.29) is 5.12 Å². The van der Waals surface area contributed by atoms with E-state index in [1.54, 1.807) is 0 Å². The first-order chi connectivity index (χ1) is 6.77. The SMILES string of the molecule is CC/C=C/C/C=C/CCCCC(=O)S. The van der Waals surface area contributed by atoms with Crippen molar-refractivity contribution < 1.29 is 4.79 Å². The molecule has 0 aliphatic heterocycles. The van der Waals surface area contributed by atoms with Gasteiger partial charge in [0.05, 0.1) is 0 Å². The van der Waals surface area contributed by atoms with E-state index in [9.17, 15) is 4.79 Å². The molecule has 0 saturated carbocycles. The second-order valence-corrected chi connectivity index (χ2v) is 3.73. The summed E-state index contributed by atoms with van der Waals surface area (Å²) < 4.78 is 0. The first kappa shape index (κ1) is 13.5. The molecular formula is C12H20OS. The molecule has 0 unspecified atom stereocenters. The zero-order valence-corrected chi connectivity index (χ0v) is 9.80. The van der Waals surface area contributed by atoms with Crippen molar-refractivity contribution in [3.63, 3.8) is 0 Å². The van der Waals surface area contributed by atoms with E-state index in [0.29, 0.717) is 6.42 Å². The lowest BCUT2D eigenvalue weighted by atomic mass is 10.2. The third-order valence-corrected chi connectivity index (χ3v) is 2.08. The van der Waals surface area contributed by atoms with E-state index in [4.69, 9.17) is 0 Å². The molecule has 0 N–H and O–H groups in total. The van der Waals surface area contributed by atoms with Crippen LogP contribution in [0, 0.1) is 0 Å². The Morgan fingerprint density at radius 1 is 1.14 bits per heavy atom. The molecule has 0 bridgehead atoms. The Morgan fingerprint density at radius 3 is 2.50 bits per heavy atom. The topological polar surface area (TPSA) is 17.1 Å². The van der Waals surface area contributed by atoms with E-state index in [1.165, 1.54) is 0 Å². The van der Waals surface area contributed by atoms with E-state index < -0.39 is 0 Å². The van der Waals surface area contributed by atoms with Crippen LogP contribution >= 0.6 is 12.6 Å². The minimum atomic E-state index is -0.000131. The number of rotatable bonds is 8. The van der Waals surface area contributed by atoms with Crippen LogP contribution in [-0.4, -0.2) is 5.12 Å². The molecule has 0 atom stereocenters. The van der Waals surface area contributed by atoms with Crippen molar-refractivity contribution in [2.75, 3.05) is 0 Å². The Balaban J connectivity index is 3.18. The number of carbonyl (C=O) groups excluding carboxylic acids is 1. The molecular weight excluding hydrogens is 192 g/mol. The van der Waals surface area contributed by atoms with E-state index >= 15 is 0 Å². The van der Waals surface area contributed by atoms with Crippen molar-refractivity contribution in [3.8, 4) is 0 Å². The van der Waals surface area contributed by atoms with Gasteiger partial charge in [0, 0.05) is 6.42 Å². The normalized spacial score (nSPS) is 11.6. The molecule has 0 saturated heterocycles. The maximum Gasteiger partial charge on any atom is 0.185 e. The average molecular weight is 212 g/mol. The highest BCUT2D eigenvalue weighted by Crippen LogP contribution is 2.03. The highest BCUT2D eigenvalue weighted by atomic mass is 32.1. The van der Waals surface area contributed by atoms with Crippen LogP contribution in [0.2, 0.25) is 0 Å². The van der Waals surface area contributed by atoms with Gasteiger partial charge in [-0.1, -0.05) is 31.2 Å². The molecule has 0 spiro atoms. The molecule has 0 aliphatic carbocycles. The van der Waals surface area contributed by atoms with Crippen LogP contribution in [0.25, 0.3) is 0 Å². The van der Waals surface area contributed by atoms with Gasteiger partial charge >= 0.3 is 0 Å². The molecule has 14 heavy (non-hydrogen) atoms. The lowest BCUT2D eigenvalue weighted by Gasteiger charge is -1.92. The summed E-state index contributed by atoms with van der Waals surface area (Å²) in [7, 11) is 0. The minimum Gasteiger partial charge on any atom is -0.288 e. The van der Waals surface area contributed by atoms with E-state index in [0.717, 1.165) is 32.1 Å². The summed E-state index contributed by atoms with van der Waals surface area (Å²) in [5.41, 5.74) is 0. The zero-order valence-electron chi connectivity index (χ0n) is 8.91. The standard InChI is InChI=1S/C12H20OS/c1-2-3-4-5-6-7-8-9-10-11-12(13)14/h3-4,6-7H,2,5,8-11H2,1H3,(H,13,14)/b4-3+,7-6+. The fraction of sp³-hybridized carbons (Fsp3) is 0.583. The molecule has 1 nitrogen and oxygen atoms in total. The van der Waals surface area contributed by atoms with Gasteiger partial charge in [0.25, 0.3) is 0 Å². The molecule has 2 heteroatoms. The number of unbranched alkanes of at least 4 members (excludes halogenated alkanes) is 2. The smallest absolute Gasteiger partial charge is 0.185 e. The van der Waals surface area contributed by atoms with E-state index in [1.807, 2.05) is 0 Å². The predicted octanol–water partition coefficient (Wildman–Crippen LogP) is 3.92. The lowest BCUT2D eigenvalue weighted by molar-refractivity contribution is -0.110. The van der Waals surface area contributed by atoms with Crippen molar-refractivity contribution in [2.45, 2.75) is 45.4 Å². The quantitative estimate of drug-likeness (QED) is 0.367. The summed E-state index contributed by atoms with van der Waals surface area (Å²) in [5, 5.41) is -0.000131. The maximum absolute atomic E-state index is 10.5. The number of thiol groups is 1. The van der Waals surface area contributed by atoms with Gasteiger partial charge in [0.2, 0.25) is 0 Å². The van der Waals surface area contributed by atoms with E-state index in [2.05, 4.69) is 43.9 Å². The van der Waals surface area contributed by atoms with Gasteiger partial charge in [-0.3, -0.25) is 4.79 Å². The summed E-state index contributed by atoms with van der Waals surface area (Å²) in [6, 6.07) is 0. The highest BCUT2D eigenvalue weighted by molar-refractivity contribution is 7.96. The lowest BCUT2D eigenvalue weighted by Crippen LogP contribution is -1.84. The van der Waals surface area contributed by atoms with Crippen LogP contribution in [0.1, 0.15) is 45.4 Å². The predicted molar refractivity (Wildman–Crippen MR) is 65.6 cm³/mol. The Bertz CT molecular complexity index is 194. The highest BCUT2D eigenvalue weighted by Gasteiger charge is 1.91. The van der Waals surface area contributed by atoms with Crippen molar-refractivity contribution in [3.05, 3.63) is 24.3 Å². The van der Waals surface area contributed by atoms with Gasteiger partial charge in [0.15, 0.2) is 5.12 Å². The number of allylic oxidation sites excluding steroid dienone is 4. The van der Waals surface area contributed by atoms with Crippen LogP contribution in [-0.2, 0) is 4.79 Å². The largest absolute Gasteiger partial charge is 0.288 e. The molecule has 0 rings (SSSR count). The summed E-state index contributed by atoms with van der Waals surface area (Å²) in [6.07, 6.45) is 14.6. The van der Waals surface area contributed by atoms with Crippen LogP contribution in [0.15, 0.2) is 24.3 Å². The second-order valence-electron chi connectivity index (χ2n) is 3.23. The fourth-order valence-electron chi connectivity index (χ4n) is 1.09. The zero-order chi connectivity index (χ0) is 10.6. The average Bonchev–Trinajstić information content (AvgIpc) is 2.15. The minimum absolute atomic E-state index is 0.000131. The fourth-order valence-corrected chi connectivity index (χ4v) is 1.25. The van der Waals surface area contributed by atoms with Crippen LogP contribution in [0.5, 0.6) is 0 Å². The molecule has 80 valence electrons. The molecule has 0 fully saturated rings. The van der Waals surface area contributed by atoms with Crippen molar-refractivity contribution in [1.29, 1.82) is 0 Å². The second kappa shape index (κ2) is 10.6. The first-order valence-electron chi connectivity index (χ1n) is 5.29. The van der Waals surface area contributed by atoms with Crippen LogP contribution < -0.4 is 0 Å². The summed E-state index contributed by atoms with van der Waals surface area (Å²) in [6.45, 7) is 2.13. The first-order valence-corrected chi connectivity index (χ1v) is 5.74. The summed E-state index contributed by atoms with van der Waals surface area (Å²) in [4.78, 5) is 10.5. The molecule has 0 aromatic heterocycles. The van der Waals surface area contributed by atoms with Gasteiger partial charge in [-0.05, 0) is 32.1 Å². The maximum atomic E-state index is 10.5. The number of carbonyl (C=O) groups is 1. The van der Waals surface area contributed by atoms with Gasteiger partial charge in [-0.25, -0.2) is 0 Å². The summed E-state index contributed by atoms with van der Waals surface area (Å²) >= 11 is 3.71. The molecule has 0 heterocycles. The van der Waals surface area contributed by atoms with Gasteiger partial charge in [0.1, 0.15) is 0 Å². The van der Waals surface area contributed by atoms with Crippen molar-refractivity contribution in [1.82, 2.24) is 0 Å². The number of hydrogen-bond donors (Lipinski definition) is 1. The van der Waals surface area contributed by atoms with Crippen molar-refractivity contribution >= 4 is 17.7 Å². The monoisotopic (exact) mass is 212 g/mol. The summed E-state index contributed by atoms with van der Waals surface area (Å²) in [5.74, 6) is 0. The third-order valence-electron chi connectivity index (χ3n) is 1.85. The van der Waals surface area contributed by atoms with Gasteiger partial charge < -0.3 is 0 Å². The van der Waals surface area contributed by atoms with Gasteiger partial charge in [-0.2, -0.15) is 0 Å².